The topological polar surface area (TPSA) is 95.9 Å². The Morgan fingerprint density at radius 1 is 1.38 bits per heavy atom. The predicted octanol–water partition coefficient (Wildman–Crippen LogP) is 1.06. The Hall–Kier alpha value is -3.16. The van der Waals surface area contributed by atoms with Gasteiger partial charge in [0.25, 0.3) is 11.5 Å². The van der Waals surface area contributed by atoms with Gasteiger partial charge in [-0.1, -0.05) is 6.07 Å². The lowest BCUT2D eigenvalue weighted by molar-refractivity contribution is 0.0935. The SMILES string of the molecule is Cn1ccnc(N2CCC[C@@H](NC(=O)c3cccc4[nH]ncc34)C2)c1=O. The molecule has 0 aliphatic carbocycles. The minimum Gasteiger partial charge on any atom is -0.350 e. The Morgan fingerprint density at radius 2 is 2.27 bits per heavy atom. The zero-order valence-electron chi connectivity index (χ0n) is 14.5. The quantitative estimate of drug-likeness (QED) is 0.735. The van der Waals surface area contributed by atoms with E-state index in [0.717, 1.165) is 30.3 Å². The average molecular weight is 352 g/mol. The Bertz CT molecular complexity index is 1010. The van der Waals surface area contributed by atoms with Gasteiger partial charge in [0.1, 0.15) is 0 Å². The zero-order valence-corrected chi connectivity index (χ0v) is 14.5. The van der Waals surface area contributed by atoms with Crippen LogP contribution in [0, 0.1) is 0 Å². The van der Waals surface area contributed by atoms with Gasteiger partial charge in [-0.15, -0.1) is 0 Å². The van der Waals surface area contributed by atoms with Crippen LogP contribution in [0.5, 0.6) is 0 Å². The number of hydrogen-bond donors (Lipinski definition) is 2. The molecule has 2 aromatic heterocycles. The molecule has 1 atom stereocenters. The summed E-state index contributed by atoms with van der Waals surface area (Å²) in [6, 6.07) is 5.48. The minimum absolute atomic E-state index is 0.0369. The maximum Gasteiger partial charge on any atom is 0.293 e. The lowest BCUT2D eigenvalue weighted by Gasteiger charge is -2.33. The maximum atomic E-state index is 12.7. The lowest BCUT2D eigenvalue weighted by Crippen LogP contribution is -2.49. The summed E-state index contributed by atoms with van der Waals surface area (Å²) in [5, 5.41) is 10.8. The summed E-state index contributed by atoms with van der Waals surface area (Å²) in [6.45, 7) is 1.33. The first kappa shape index (κ1) is 16.3. The largest absolute Gasteiger partial charge is 0.350 e. The summed E-state index contributed by atoms with van der Waals surface area (Å²) in [6.07, 6.45) is 6.69. The van der Waals surface area contributed by atoms with E-state index in [0.29, 0.717) is 17.9 Å². The van der Waals surface area contributed by atoms with Crippen LogP contribution < -0.4 is 15.8 Å². The van der Waals surface area contributed by atoms with Gasteiger partial charge in [-0.2, -0.15) is 5.10 Å². The van der Waals surface area contributed by atoms with E-state index in [9.17, 15) is 9.59 Å². The summed E-state index contributed by atoms with van der Waals surface area (Å²) in [5.41, 5.74) is 1.31. The van der Waals surface area contributed by atoms with Crippen LogP contribution in [0.25, 0.3) is 10.9 Å². The first-order chi connectivity index (χ1) is 12.6. The Morgan fingerprint density at radius 3 is 3.15 bits per heavy atom. The fourth-order valence-electron chi connectivity index (χ4n) is 3.42. The standard InChI is InChI=1S/C18H20N6O2/c1-23-9-7-19-16(18(23)26)24-8-3-4-12(11-24)21-17(25)13-5-2-6-15-14(13)10-20-22-15/h2,5-7,9-10,12H,3-4,8,11H2,1H3,(H,20,22)(H,21,25)/t12-/m1/s1. The molecule has 0 bridgehead atoms. The average Bonchev–Trinajstić information content (AvgIpc) is 3.13. The van der Waals surface area contributed by atoms with Gasteiger partial charge in [0.15, 0.2) is 5.82 Å². The number of nitrogens with one attached hydrogen (secondary N) is 2. The third kappa shape index (κ3) is 2.94. The molecule has 8 heteroatoms. The highest BCUT2D eigenvalue weighted by atomic mass is 16.2. The Labute approximate surface area is 149 Å². The van der Waals surface area contributed by atoms with E-state index in [4.69, 9.17) is 0 Å². The lowest BCUT2D eigenvalue weighted by atomic mass is 10.0. The van der Waals surface area contributed by atoms with Crippen molar-refractivity contribution in [2.45, 2.75) is 18.9 Å². The van der Waals surface area contributed by atoms with E-state index in [-0.39, 0.29) is 17.5 Å². The molecule has 1 aromatic carbocycles. The fourth-order valence-corrected chi connectivity index (χ4v) is 3.42. The second-order valence-corrected chi connectivity index (χ2v) is 6.56. The third-order valence-electron chi connectivity index (χ3n) is 4.78. The van der Waals surface area contributed by atoms with Crippen LogP contribution in [0.1, 0.15) is 23.2 Å². The smallest absolute Gasteiger partial charge is 0.293 e. The van der Waals surface area contributed by atoms with Crippen molar-refractivity contribution in [1.82, 2.24) is 25.1 Å². The molecule has 1 saturated heterocycles. The molecule has 0 radical (unpaired) electrons. The number of aromatic nitrogens is 4. The number of aryl methyl sites for hydroxylation is 1. The highest BCUT2D eigenvalue weighted by Crippen LogP contribution is 2.18. The van der Waals surface area contributed by atoms with Crippen molar-refractivity contribution in [1.29, 1.82) is 0 Å². The number of nitrogens with zero attached hydrogens (tertiary/aromatic N) is 4. The van der Waals surface area contributed by atoms with Crippen LogP contribution in [0.2, 0.25) is 0 Å². The molecule has 1 fully saturated rings. The van der Waals surface area contributed by atoms with Gasteiger partial charge >= 0.3 is 0 Å². The number of anilines is 1. The monoisotopic (exact) mass is 352 g/mol. The van der Waals surface area contributed by atoms with Gasteiger partial charge < -0.3 is 14.8 Å². The van der Waals surface area contributed by atoms with Crippen LogP contribution in [0.3, 0.4) is 0 Å². The molecule has 1 amide bonds. The van der Waals surface area contributed by atoms with Gasteiger partial charge in [0, 0.05) is 44.0 Å². The summed E-state index contributed by atoms with van der Waals surface area (Å²) < 4.78 is 1.52. The van der Waals surface area contributed by atoms with Crippen molar-refractivity contribution in [3.05, 3.63) is 52.7 Å². The highest BCUT2D eigenvalue weighted by Gasteiger charge is 2.25. The van der Waals surface area contributed by atoms with E-state index in [2.05, 4.69) is 20.5 Å². The second-order valence-electron chi connectivity index (χ2n) is 6.56. The molecule has 0 spiro atoms. The molecule has 4 rings (SSSR count). The molecular weight excluding hydrogens is 332 g/mol. The summed E-state index contributed by atoms with van der Waals surface area (Å²) in [7, 11) is 1.71. The van der Waals surface area contributed by atoms with Crippen LogP contribution in [-0.2, 0) is 7.05 Å². The normalized spacial score (nSPS) is 17.4. The van der Waals surface area contributed by atoms with Gasteiger partial charge in [-0.3, -0.25) is 14.7 Å². The number of carbonyl (C=O) groups excluding carboxylic acids is 1. The van der Waals surface area contributed by atoms with E-state index >= 15 is 0 Å². The Kier molecular flexibility index (Phi) is 4.16. The van der Waals surface area contributed by atoms with Gasteiger partial charge in [0.05, 0.1) is 17.3 Å². The summed E-state index contributed by atoms with van der Waals surface area (Å²) >= 11 is 0. The van der Waals surface area contributed by atoms with Crippen molar-refractivity contribution < 1.29 is 4.79 Å². The van der Waals surface area contributed by atoms with Crippen LogP contribution >= 0.6 is 0 Å². The number of hydrogen-bond acceptors (Lipinski definition) is 5. The molecule has 3 heterocycles. The number of fused-ring (bicyclic) bond motifs is 1. The first-order valence-electron chi connectivity index (χ1n) is 8.63. The Balaban J connectivity index is 1.52. The van der Waals surface area contributed by atoms with Crippen molar-refractivity contribution in [2.75, 3.05) is 18.0 Å². The molecule has 2 N–H and O–H groups in total. The molecule has 3 aromatic rings. The van der Waals surface area contributed by atoms with Crippen molar-refractivity contribution in [3.63, 3.8) is 0 Å². The van der Waals surface area contributed by atoms with Crippen LogP contribution in [0.4, 0.5) is 5.82 Å². The summed E-state index contributed by atoms with van der Waals surface area (Å²) in [4.78, 5) is 31.2. The molecule has 134 valence electrons. The van der Waals surface area contributed by atoms with E-state index < -0.39 is 0 Å². The van der Waals surface area contributed by atoms with E-state index in [1.807, 2.05) is 17.0 Å². The van der Waals surface area contributed by atoms with Gasteiger partial charge in [-0.25, -0.2) is 4.98 Å². The number of benzene rings is 1. The zero-order chi connectivity index (χ0) is 18.1. The number of rotatable bonds is 3. The number of amides is 1. The van der Waals surface area contributed by atoms with Crippen molar-refractivity contribution in [2.24, 2.45) is 7.05 Å². The number of piperidine rings is 1. The molecule has 8 nitrogen and oxygen atoms in total. The molecule has 1 aliphatic heterocycles. The number of H-pyrrole nitrogens is 1. The molecule has 0 unspecified atom stereocenters. The fraction of sp³-hybridized carbons (Fsp3) is 0.333. The van der Waals surface area contributed by atoms with Crippen LogP contribution in [0.15, 0.2) is 41.6 Å². The van der Waals surface area contributed by atoms with E-state index in [1.165, 1.54) is 4.57 Å². The second kappa shape index (κ2) is 6.62. The molecular formula is C18H20N6O2. The molecule has 26 heavy (non-hydrogen) atoms. The molecule has 0 saturated carbocycles. The van der Waals surface area contributed by atoms with Crippen LogP contribution in [-0.4, -0.2) is 44.8 Å². The first-order valence-corrected chi connectivity index (χ1v) is 8.63. The third-order valence-corrected chi connectivity index (χ3v) is 4.78. The minimum atomic E-state index is -0.127. The van der Waals surface area contributed by atoms with Gasteiger partial charge in [0.2, 0.25) is 0 Å². The van der Waals surface area contributed by atoms with Crippen molar-refractivity contribution in [3.8, 4) is 0 Å². The molecule has 1 aliphatic rings. The van der Waals surface area contributed by atoms with Gasteiger partial charge in [-0.05, 0) is 25.0 Å². The maximum absolute atomic E-state index is 12.7. The van der Waals surface area contributed by atoms with E-state index in [1.54, 1.807) is 31.7 Å². The number of aromatic amines is 1. The predicted molar refractivity (Wildman–Crippen MR) is 98.3 cm³/mol. The number of carbonyl (C=O) groups is 1. The van der Waals surface area contributed by atoms with Crippen molar-refractivity contribution >= 4 is 22.6 Å². The highest BCUT2D eigenvalue weighted by molar-refractivity contribution is 6.06. The summed E-state index contributed by atoms with van der Waals surface area (Å²) in [5.74, 6) is 0.309.